The van der Waals surface area contributed by atoms with E-state index in [1.807, 2.05) is 0 Å². The first-order chi connectivity index (χ1) is 18.0. The molecule has 3 aromatic rings. The fraction of sp³-hybridized carbons (Fsp3) is 0.600. The normalized spacial score (nSPS) is 20.7. The molecule has 3 aromatic heterocycles. The molecule has 0 atom stereocenters. The molecular formula is C25H31F3N8O2. The maximum atomic E-state index is 14.7. The van der Waals surface area contributed by atoms with Crippen molar-refractivity contribution in [3.05, 3.63) is 18.5 Å². The van der Waals surface area contributed by atoms with E-state index in [1.54, 1.807) is 24.1 Å². The van der Waals surface area contributed by atoms with Crippen molar-refractivity contribution in [2.24, 2.45) is 0 Å². The highest BCUT2D eigenvalue weighted by Crippen LogP contribution is 2.51. The highest BCUT2D eigenvalue weighted by Gasteiger charge is 2.57. The van der Waals surface area contributed by atoms with Gasteiger partial charge in [0.2, 0.25) is 0 Å². The van der Waals surface area contributed by atoms with Crippen LogP contribution in [0.3, 0.4) is 0 Å². The number of nitrogens with zero attached hydrogens (tertiary/aromatic N) is 6. The second kappa shape index (κ2) is 8.58. The number of carbonyl (C=O) groups excluding carboxylic acids is 1. The summed E-state index contributed by atoms with van der Waals surface area (Å²) in [4.78, 5) is 21.0. The summed E-state index contributed by atoms with van der Waals surface area (Å²) in [5.74, 6) is -2.20. The number of piperidine rings is 1. The summed E-state index contributed by atoms with van der Waals surface area (Å²) in [7, 11) is 1.67. The molecule has 3 aliphatic rings. The lowest BCUT2D eigenvalue weighted by molar-refractivity contribution is -0.0721. The minimum Gasteiger partial charge on any atom is -0.378 e. The zero-order valence-corrected chi connectivity index (χ0v) is 21.6. The number of fused-ring (bicyclic) bond motifs is 1. The van der Waals surface area contributed by atoms with Crippen molar-refractivity contribution in [2.45, 2.75) is 69.3 Å². The quantitative estimate of drug-likeness (QED) is 0.493. The number of carbonyl (C=O) groups is 1. The topological polar surface area (TPSA) is 104 Å². The molecule has 2 amide bonds. The van der Waals surface area contributed by atoms with Gasteiger partial charge in [0.15, 0.2) is 5.82 Å². The van der Waals surface area contributed by atoms with Crippen LogP contribution in [-0.2, 0) is 11.3 Å². The largest absolute Gasteiger partial charge is 0.378 e. The Bertz CT molecular complexity index is 1370. The van der Waals surface area contributed by atoms with E-state index < -0.39 is 29.7 Å². The van der Waals surface area contributed by atoms with Gasteiger partial charge in [-0.2, -0.15) is 10.2 Å². The number of amides is 2. The number of ether oxygens (including phenoxy) is 1. The summed E-state index contributed by atoms with van der Waals surface area (Å²) in [6.07, 6.45) is 4.77. The van der Waals surface area contributed by atoms with E-state index in [0.29, 0.717) is 47.9 Å². The number of halogens is 3. The fourth-order valence-corrected chi connectivity index (χ4v) is 5.40. The first-order valence-corrected chi connectivity index (χ1v) is 12.8. The number of alkyl halides is 3. The van der Waals surface area contributed by atoms with Crippen molar-refractivity contribution in [3.8, 4) is 11.4 Å². The molecular weight excluding hydrogens is 501 g/mol. The molecule has 0 radical (unpaired) electrons. The molecule has 0 unspecified atom stereocenters. The van der Waals surface area contributed by atoms with Crippen LogP contribution in [0.25, 0.3) is 22.3 Å². The Morgan fingerprint density at radius 1 is 1.24 bits per heavy atom. The number of hydrogen-bond acceptors (Lipinski definition) is 6. The molecule has 5 heterocycles. The molecule has 10 nitrogen and oxygen atoms in total. The molecule has 3 fully saturated rings. The summed E-state index contributed by atoms with van der Waals surface area (Å²) in [6.45, 7) is 3.77. The lowest BCUT2D eigenvalue weighted by Gasteiger charge is -2.40. The molecule has 13 heteroatoms. The number of aromatic amines is 1. The summed E-state index contributed by atoms with van der Waals surface area (Å²) in [6, 6.07) is 1.19. The molecule has 204 valence electrons. The Labute approximate surface area is 217 Å². The SMILES string of the molecule is COC1CN(c2nn(CC(C)(C)F)c3cc(-c4[nH]ncc4NC(=O)N4CC(F)(F)CCC45CC5)ncc23)C1. The van der Waals surface area contributed by atoms with Crippen LogP contribution in [-0.4, -0.2) is 85.9 Å². The van der Waals surface area contributed by atoms with Gasteiger partial charge in [0.25, 0.3) is 5.92 Å². The summed E-state index contributed by atoms with van der Waals surface area (Å²) in [5, 5.41) is 15.1. The Balaban J connectivity index is 1.30. The van der Waals surface area contributed by atoms with E-state index in [9.17, 15) is 18.0 Å². The van der Waals surface area contributed by atoms with Crippen LogP contribution in [0.5, 0.6) is 0 Å². The van der Waals surface area contributed by atoms with Crippen LogP contribution < -0.4 is 10.2 Å². The third-order valence-electron chi connectivity index (χ3n) is 7.75. The fourth-order valence-electron chi connectivity index (χ4n) is 5.40. The molecule has 2 N–H and O–H groups in total. The second-order valence-electron chi connectivity index (χ2n) is 11.3. The zero-order valence-electron chi connectivity index (χ0n) is 21.6. The molecule has 1 spiro atoms. The van der Waals surface area contributed by atoms with Gasteiger partial charge in [0, 0.05) is 38.4 Å². The van der Waals surface area contributed by atoms with Crippen molar-refractivity contribution >= 4 is 28.4 Å². The third-order valence-corrected chi connectivity index (χ3v) is 7.75. The third kappa shape index (κ3) is 4.46. The van der Waals surface area contributed by atoms with E-state index in [-0.39, 0.29) is 19.1 Å². The number of rotatable bonds is 6. The van der Waals surface area contributed by atoms with Gasteiger partial charge in [-0.15, -0.1) is 0 Å². The van der Waals surface area contributed by atoms with Crippen molar-refractivity contribution in [3.63, 3.8) is 0 Å². The van der Waals surface area contributed by atoms with Gasteiger partial charge in [0.1, 0.15) is 11.4 Å². The molecule has 2 aliphatic heterocycles. The molecule has 2 saturated heterocycles. The van der Waals surface area contributed by atoms with Crippen LogP contribution in [0.15, 0.2) is 18.5 Å². The standard InChI is InChI=1S/C25H31F3N8O2/c1-23(2,26)13-36-19-8-17(29-9-16(19)21(33-36)34-11-15(12-34)38-3)20-18(10-30-32-20)31-22(37)35-14-25(27,28)7-6-24(35)4-5-24/h8-10,15H,4-7,11-14H2,1-3H3,(H,30,32)(H,31,37). The van der Waals surface area contributed by atoms with Gasteiger partial charge in [-0.1, -0.05) is 0 Å². The van der Waals surface area contributed by atoms with Crippen LogP contribution in [0, 0.1) is 0 Å². The Kier molecular flexibility index (Phi) is 5.64. The van der Waals surface area contributed by atoms with E-state index in [4.69, 9.17) is 9.84 Å². The molecule has 0 aromatic carbocycles. The predicted molar refractivity (Wildman–Crippen MR) is 135 cm³/mol. The van der Waals surface area contributed by atoms with Gasteiger partial charge < -0.3 is 19.9 Å². The van der Waals surface area contributed by atoms with Crippen molar-refractivity contribution in [1.82, 2.24) is 29.9 Å². The van der Waals surface area contributed by atoms with E-state index in [2.05, 4.69) is 25.4 Å². The van der Waals surface area contributed by atoms with Crippen molar-refractivity contribution in [2.75, 3.05) is 37.0 Å². The van der Waals surface area contributed by atoms with Crippen LogP contribution in [0.2, 0.25) is 0 Å². The van der Waals surface area contributed by atoms with E-state index >= 15 is 0 Å². The van der Waals surface area contributed by atoms with Gasteiger partial charge in [-0.05, 0) is 39.2 Å². The predicted octanol–water partition coefficient (Wildman–Crippen LogP) is 4.20. The van der Waals surface area contributed by atoms with Crippen molar-refractivity contribution < 1.29 is 22.7 Å². The smallest absolute Gasteiger partial charge is 0.322 e. The molecule has 0 bridgehead atoms. The number of H-pyrrole nitrogens is 1. The lowest BCUT2D eigenvalue weighted by atomic mass is 9.97. The number of aromatic nitrogens is 5. The van der Waals surface area contributed by atoms with E-state index in [1.165, 1.54) is 24.9 Å². The number of nitrogens with one attached hydrogen (secondary N) is 2. The number of hydrogen-bond donors (Lipinski definition) is 2. The second-order valence-corrected chi connectivity index (χ2v) is 11.3. The number of urea groups is 1. The van der Waals surface area contributed by atoms with Gasteiger partial charge in [-0.25, -0.2) is 18.0 Å². The average molecular weight is 533 g/mol. The van der Waals surface area contributed by atoms with Crippen molar-refractivity contribution in [1.29, 1.82) is 0 Å². The van der Waals surface area contributed by atoms with Gasteiger partial charge in [-0.3, -0.25) is 14.8 Å². The molecule has 1 saturated carbocycles. The first-order valence-electron chi connectivity index (χ1n) is 12.8. The minimum absolute atomic E-state index is 0.0341. The number of anilines is 2. The van der Waals surface area contributed by atoms with Crippen LogP contribution >= 0.6 is 0 Å². The Morgan fingerprint density at radius 3 is 2.66 bits per heavy atom. The summed E-state index contributed by atoms with van der Waals surface area (Å²) >= 11 is 0. The van der Waals surface area contributed by atoms with Gasteiger partial charge >= 0.3 is 6.03 Å². The Hall–Kier alpha value is -3.35. The monoisotopic (exact) mass is 532 g/mol. The summed E-state index contributed by atoms with van der Waals surface area (Å²) < 4.78 is 50.0. The highest BCUT2D eigenvalue weighted by molar-refractivity contribution is 5.96. The maximum absolute atomic E-state index is 14.7. The number of pyridine rings is 1. The highest BCUT2D eigenvalue weighted by atomic mass is 19.3. The number of methoxy groups -OCH3 is 1. The Morgan fingerprint density at radius 2 is 1.97 bits per heavy atom. The molecule has 6 rings (SSSR count). The van der Waals surface area contributed by atoms with Crippen LogP contribution in [0.4, 0.5) is 29.5 Å². The van der Waals surface area contributed by atoms with E-state index in [0.717, 1.165) is 18.2 Å². The van der Waals surface area contributed by atoms with Gasteiger partial charge in [0.05, 0.1) is 47.7 Å². The van der Waals surface area contributed by atoms with Crippen LogP contribution in [0.1, 0.15) is 39.5 Å². The first kappa shape index (κ1) is 25.0. The maximum Gasteiger partial charge on any atom is 0.322 e. The minimum atomic E-state index is -2.91. The lowest BCUT2D eigenvalue weighted by Crippen LogP contribution is -2.54. The number of likely N-dealkylation sites (tertiary alicyclic amines) is 1. The average Bonchev–Trinajstić information content (AvgIpc) is 3.32. The molecule has 1 aliphatic carbocycles. The zero-order chi connectivity index (χ0) is 26.9. The summed E-state index contributed by atoms with van der Waals surface area (Å²) in [5.41, 5.74) is -0.103. The molecule has 38 heavy (non-hydrogen) atoms.